The van der Waals surface area contributed by atoms with Crippen molar-refractivity contribution in [3.63, 3.8) is 0 Å². The lowest BCUT2D eigenvalue weighted by atomic mass is 10.2. The molecule has 0 aliphatic carbocycles. The average molecular weight is 424 g/mol. The van der Waals surface area contributed by atoms with E-state index >= 15 is 0 Å². The summed E-state index contributed by atoms with van der Waals surface area (Å²) in [4.78, 5) is 60.2. The zero-order valence-corrected chi connectivity index (χ0v) is 16.6. The third-order valence-corrected chi connectivity index (χ3v) is 4.38. The van der Waals surface area contributed by atoms with Crippen LogP contribution in [0.15, 0.2) is 58.5 Å². The Kier molecular flexibility index (Phi) is 6.55. The average Bonchev–Trinajstić information content (AvgIpc) is 2.78. The van der Waals surface area contributed by atoms with Gasteiger partial charge in [0.05, 0.1) is 12.7 Å². The maximum Gasteiger partial charge on any atom is 0.359 e. The van der Waals surface area contributed by atoms with Gasteiger partial charge >= 0.3 is 11.7 Å². The number of nitrogens with two attached hydrogens (primary N) is 1. The van der Waals surface area contributed by atoms with Gasteiger partial charge < -0.3 is 15.4 Å². The number of amides is 1. The van der Waals surface area contributed by atoms with Gasteiger partial charge in [0.25, 0.3) is 11.5 Å². The number of nitrogen functional groups attached to an aromatic ring is 1. The summed E-state index contributed by atoms with van der Waals surface area (Å²) >= 11 is 0. The molecule has 3 N–H and O–H groups in total. The number of carbonyl (C=O) groups is 2. The number of carbonyl (C=O) groups excluding carboxylic acids is 2. The standard InChI is InChI=1S/C20H20N6O5/c1-2-25(15(27)12-31-19(29)14-10-22-8-9-23-14)16-17(21)26(20(30)24-18(16)28)11-13-6-4-3-5-7-13/h3-10H,2,11-12,21H2,1H3,(H,24,28,30). The molecule has 31 heavy (non-hydrogen) atoms. The monoisotopic (exact) mass is 424 g/mol. The molecule has 160 valence electrons. The second-order valence-electron chi connectivity index (χ2n) is 6.37. The molecule has 0 atom stereocenters. The van der Waals surface area contributed by atoms with Crippen LogP contribution in [-0.4, -0.2) is 44.5 Å². The minimum Gasteiger partial charge on any atom is -0.451 e. The number of ether oxygens (including phenoxy) is 1. The fourth-order valence-corrected chi connectivity index (χ4v) is 2.90. The van der Waals surface area contributed by atoms with Crippen LogP contribution in [0.3, 0.4) is 0 Å². The quantitative estimate of drug-likeness (QED) is 0.509. The summed E-state index contributed by atoms with van der Waals surface area (Å²) in [6, 6.07) is 9.03. The fraction of sp³-hybridized carbons (Fsp3) is 0.200. The van der Waals surface area contributed by atoms with Crippen LogP contribution in [0.4, 0.5) is 11.5 Å². The Labute approximate surface area is 176 Å². The van der Waals surface area contributed by atoms with Gasteiger partial charge in [0.15, 0.2) is 18.0 Å². The number of nitrogens with one attached hydrogen (secondary N) is 1. The Hall–Kier alpha value is -4.28. The van der Waals surface area contributed by atoms with Crippen molar-refractivity contribution in [3.8, 4) is 0 Å². The van der Waals surface area contributed by atoms with E-state index in [1.165, 1.54) is 18.6 Å². The molecular weight excluding hydrogens is 404 g/mol. The molecule has 2 aromatic heterocycles. The largest absolute Gasteiger partial charge is 0.451 e. The summed E-state index contributed by atoms with van der Waals surface area (Å²) in [5, 5.41) is 0. The van der Waals surface area contributed by atoms with Crippen LogP contribution in [0, 0.1) is 0 Å². The lowest BCUT2D eigenvalue weighted by Gasteiger charge is -2.23. The van der Waals surface area contributed by atoms with E-state index in [4.69, 9.17) is 10.5 Å². The van der Waals surface area contributed by atoms with E-state index in [9.17, 15) is 19.2 Å². The van der Waals surface area contributed by atoms with Crippen molar-refractivity contribution in [1.82, 2.24) is 19.5 Å². The van der Waals surface area contributed by atoms with Gasteiger partial charge in [0, 0.05) is 18.9 Å². The Morgan fingerprint density at radius 1 is 1.19 bits per heavy atom. The number of rotatable bonds is 7. The lowest BCUT2D eigenvalue weighted by Crippen LogP contribution is -2.42. The van der Waals surface area contributed by atoms with Crippen molar-refractivity contribution >= 4 is 23.4 Å². The van der Waals surface area contributed by atoms with Crippen LogP contribution < -0.4 is 21.9 Å². The van der Waals surface area contributed by atoms with Crippen molar-refractivity contribution in [2.45, 2.75) is 13.5 Å². The molecule has 11 nitrogen and oxygen atoms in total. The van der Waals surface area contributed by atoms with Crippen molar-refractivity contribution in [1.29, 1.82) is 0 Å². The number of benzene rings is 1. The highest BCUT2D eigenvalue weighted by atomic mass is 16.5. The van der Waals surface area contributed by atoms with Crippen LogP contribution >= 0.6 is 0 Å². The number of hydrogen-bond donors (Lipinski definition) is 2. The molecule has 0 aliphatic rings. The number of aromatic amines is 1. The Morgan fingerprint density at radius 2 is 1.94 bits per heavy atom. The first-order valence-corrected chi connectivity index (χ1v) is 9.32. The summed E-state index contributed by atoms with van der Waals surface area (Å²) in [5.41, 5.74) is 5.12. The first-order chi connectivity index (χ1) is 14.9. The Balaban J connectivity index is 1.85. The molecule has 0 radical (unpaired) electrons. The van der Waals surface area contributed by atoms with Crippen molar-refractivity contribution in [2.75, 3.05) is 23.8 Å². The van der Waals surface area contributed by atoms with E-state index in [0.717, 1.165) is 15.0 Å². The minimum absolute atomic E-state index is 0.0539. The lowest BCUT2D eigenvalue weighted by molar-refractivity contribution is -0.121. The summed E-state index contributed by atoms with van der Waals surface area (Å²) < 4.78 is 6.13. The third kappa shape index (κ3) is 4.83. The smallest absolute Gasteiger partial charge is 0.359 e. The summed E-state index contributed by atoms with van der Waals surface area (Å²) in [6.07, 6.45) is 3.90. The molecule has 1 amide bonds. The molecule has 0 saturated carbocycles. The number of aromatic nitrogens is 4. The SMILES string of the molecule is CCN(C(=O)COC(=O)c1cnccn1)c1c(N)n(Cc2ccccc2)c(=O)[nH]c1=O. The number of likely N-dealkylation sites (N-methyl/N-ethyl adjacent to an activating group) is 1. The van der Waals surface area contributed by atoms with E-state index in [1.807, 2.05) is 6.07 Å². The van der Waals surface area contributed by atoms with E-state index in [1.54, 1.807) is 31.2 Å². The number of hydrogen-bond acceptors (Lipinski definition) is 8. The van der Waals surface area contributed by atoms with Crippen LogP contribution in [0.2, 0.25) is 0 Å². The first kappa shape index (κ1) is 21.4. The molecular formula is C20H20N6O5. The number of esters is 1. The zero-order chi connectivity index (χ0) is 22.4. The maximum absolute atomic E-state index is 12.7. The summed E-state index contributed by atoms with van der Waals surface area (Å²) in [6.45, 7) is 1.12. The molecule has 3 aromatic rings. The van der Waals surface area contributed by atoms with Gasteiger partial charge in [0.2, 0.25) is 0 Å². The highest BCUT2D eigenvalue weighted by molar-refractivity contribution is 5.98. The van der Waals surface area contributed by atoms with E-state index < -0.39 is 29.7 Å². The maximum atomic E-state index is 12.7. The molecule has 0 fully saturated rings. The van der Waals surface area contributed by atoms with Gasteiger partial charge in [0.1, 0.15) is 5.82 Å². The van der Waals surface area contributed by atoms with Crippen LogP contribution in [0.5, 0.6) is 0 Å². The number of nitrogens with zero attached hydrogens (tertiary/aromatic N) is 4. The van der Waals surface area contributed by atoms with Crippen molar-refractivity contribution in [3.05, 3.63) is 81.0 Å². The van der Waals surface area contributed by atoms with Crippen molar-refractivity contribution < 1.29 is 14.3 Å². The fourth-order valence-electron chi connectivity index (χ4n) is 2.90. The topological polar surface area (TPSA) is 153 Å². The summed E-state index contributed by atoms with van der Waals surface area (Å²) in [7, 11) is 0. The van der Waals surface area contributed by atoms with Crippen LogP contribution in [-0.2, 0) is 16.1 Å². The number of H-pyrrole nitrogens is 1. The molecule has 0 aliphatic heterocycles. The molecule has 1 aromatic carbocycles. The molecule has 0 bridgehead atoms. The predicted octanol–water partition coefficient (Wildman–Crippen LogP) is 0.167. The normalized spacial score (nSPS) is 10.5. The van der Waals surface area contributed by atoms with E-state index in [0.29, 0.717) is 0 Å². The highest BCUT2D eigenvalue weighted by Gasteiger charge is 2.24. The number of anilines is 2. The predicted molar refractivity (Wildman–Crippen MR) is 112 cm³/mol. The molecule has 0 saturated heterocycles. The van der Waals surface area contributed by atoms with Gasteiger partial charge in [-0.15, -0.1) is 0 Å². The molecule has 0 spiro atoms. The molecule has 3 rings (SSSR count). The Morgan fingerprint density at radius 3 is 2.58 bits per heavy atom. The Bertz CT molecular complexity index is 1190. The molecule has 11 heteroatoms. The first-order valence-electron chi connectivity index (χ1n) is 9.32. The summed E-state index contributed by atoms with van der Waals surface area (Å²) in [5.74, 6) is -1.71. The van der Waals surface area contributed by atoms with Gasteiger partial charge in [-0.2, -0.15) is 0 Å². The van der Waals surface area contributed by atoms with E-state index in [-0.39, 0.29) is 30.3 Å². The van der Waals surface area contributed by atoms with Gasteiger partial charge in [-0.3, -0.25) is 24.1 Å². The second kappa shape index (κ2) is 9.48. The molecule has 0 unspecified atom stereocenters. The highest BCUT2D eigenvalue weighted by Crippen LogP contribution is 2.18. The van der Waals surface area contributed by atoms with Gasteiger partial charge in [-0.25, -0.2) is 14.6 Å². The third-order valence-electron chi connectivity index (χ3n) is 4.38. The van der Waals surface area contributed by atoms with Gasteiger partial charge in [-0.1, -0.05) is 30.3 Å². The molecule has 2 heterocycles. The minimum atomic E-state index is -0.839. The zero-order valence-electron chi connectivity index (χ0n) is 16.6. The second-order valence-corrected chi connectivity index (χ2v) is 6.37. The van der Waals surface area contributed by atoms with Crippen molar-refractivity contribution in [2.24, 2.45) is 0 Å². The van der Waals surface area contributed by atoms with Gasteiger partial charge in [-0.05, 0) is 12.5 Å². The van der Waals surface area contributed by atoms with Crippen LogP contribution in [0.1, 0.15) is 23.0 Å². The van der Waals surface area contributed by atoms with E-state index in [2.05, 4.69) is 15.0 Å². The van der Waals surface area contributed by atoms with Crippen LogP contribution in [0.25, 0.3) is 0 Å².